The summed E-state index contributed by atoms with van der Waals surface area (Å²) in [6, 6.07) is 0. The van der Waals surface area contributed by atoms with Crippen LogP contribution in [0.1, 0.15) is 88.8 Å². The van der Waals surface area contributed by atoms with Gasteiger partial charge >= 0.3 is 23.9 Å². The van der Waals surface area contributed by atoms with Gasteiger partial charge in [0.1, 0.15) is 23.0 Å². The zero-order valence-corrected chi connectivity index (χ0v) is 31.2. The van der Waals surface area contributed by atoms with Gasteiger partial charge in [0.15, 0.2) is 0 Å². The number of benzene rings is 2. The SMILES string of the molecule is Cc1c(C)c(OC(=O)C(C)C)c(SSSc2c(C)c(OC(=O)C(C)C)c(C)c(C)c2OC(=O)C(C)C)c(C)c1OC(=O)C(C)C. The summed E-state index contributed by atoms with van der Waals surface area (Å²) >= 11 is 0. The highest BCUT2D eigenvalue weighted by Gasteiger charge is 2.28. The van der Waals surface area contributed by atoms with Crippen molar-refractivity contribution in [2.75, 3.05) is 0 Å². The standard InChI is InChI=1S/C34H46O8S3/c1-15(2)31(35)39-25-19(9)21(11)27(41-33(37)17(5)6)29(23(25)13)43-45-44-30-24(14)26(40-32(36)16(3)4)20(10)22(12)28(30)42-34(38)18(7)8/h15-18H,1-14H3. The third-order valence-electron chi connectivity index (χ3n) is 7.19. The number of carbonyl (C=O) groups excluding carboxylic acids is 4. The molecule has 0 atom stereocenters. The average Bonchev–Trinajstić information content (AvgIpc) is 2.96. The molecule has 0 amide bonds. The molecule has 0 fully saturated rings. The predicted octanol–water partition coefficient (Wildman–Crippen LogP) is 9.23. The Morgan fingerprint density at radius 1 is 0.400 bits per heavy atom. The van der Waals surface area contributed by atoms with Crippen LogP contribution in [0, 0.1) is 65.2 Å². The molecule has 2 rings (SSSR count). The van der Waals surface area contributed by atoms with E-state index in [1.54, 1.807) is 55.4 Å². The molecule has 0 aliphatic heterocycles. The van der Waals surface area contributed by atoms with Crippen molar-refractivity contribution >= 4 is 55.3 Å². The zero-order chi connectivity index (χ0) is 34.5. The maximum atomic E-state index is 12.8. The molecule has 0 spiro atoms. The Morgan fingerprint density at radius 2 is 0.622 bits per heavy atom. The summed E-state index contributed by atoms with van der Waals surface area (Å²) in [7, 11) is 4.02. The van der Waals surface area contributed by atoms with Gasteiger partial charge in [-0.1, -0.05) is 55.4 Å². The van der Waals surface area contributed by atoms with Crippen molar-refractivity contribution in [3.05, 3.63) is 33.4 Å². The van der Waals surface area contributed by atoms with E-state index in [9.17, 15) is 19.2 Å². The zero-order valence-electron chi connectivity index (χ0n) is 28.8. The molecule has 0 unspecified atom stereocenters. The predicted molar refractivity (Wildman–Crippen MR) is 183 cm³/mol. The molecule has 0 saturated heterocycles. The fraction of sp³-hybridized carbons (Fsp3) is 0.529. The van der Waals surface area contributed by atoms with Gasteiger partial charge in [-0.3, -0.25) is 19.2 Å². The van der Waals surface area contributed by atoms with Crippen LogP contribution in [0.3, 0.4) is 0 Å². The quantitative estimate of drug-likeness (QED) is 0.122. The number of rotatable bonds is 12. The van der Waals surface area contributed by atoms with E-state index in [2.05, 4.69) is 0 Å². The topological polar surface area (TPSA) is 105 Å². The average molecular weight is 679 g/mol. The fourth-order valence-corrected chi connectivity index (χ4v) is 8.23. The smallest absolute Gasteiger partial charge is 0.313 e. The molecular formula is C34H46O8S3. The molecule has 0 N–H and O–H groups in total. The van der Waals surface area contributed by atoms with E-state index < -0.39 is 0 Å². The van der Waals surface area contributed by atoms with Gasteiger partial charge in [0, 0.05) is 11.1 Å². The van der Waals surface area contributed by atoms with Crippen molar-refractivity contribution in [2.45, 2.75) is 107 Å². The van der Waals surface area contributed by atoms with E-state index in [0.717, 1.165) is 0 Å². The lowest BCUT2D eigenvalue weighted by molar-refractivity contribution is -0.139. The van der Waals surface area contributed by atoms with Crippen LogP contribution in [0.2, 0.25) is 0 Å². The van der Waals surface area contributed by atoms with E-state index in [1.807, 2.05) is 41.5 Å². The Labute approximate surface area is 279 Å². The number of ether oxygens (including phenoxy) is 4. The van der Waals surface area contributed by atoms with Crippen LogP contribution in [-0.4, -0.2) is 23.9 Å². The third kappa shape index (κ3) is 9.23. The fourth-order valence-electron chi connectivity index (χ4n) is 3.84. The minimum Gasteiger partial charge on any atom is -0.426 e. The van der Waals surface area contributed by atoms with Gasteiger partial charge in [0.2, 0.25) is 0 Å². The van der Waals surface area contributed by atoms with Crippen LogP contribution in [-0.2, 0) is 19.2 Å². The van der Waals surface area contributed by atoms with Gasteiger partial charge in [-0.15, -0.1) is 0 Å². The number of carbonyl (C=O) groups is 4. The summed E-state index contributed by atoms with van der Waals surface area (Å²) in [5.74, 6) is -1.20. The number of hydrogen-bond acceptors (Lipinski definition) is 11. The molecule has 8 nitrogen and oxygen atoms in total. The Kier molecular flexibility index (Phi) is 13.9. The largest absolute Gasteiger partial charge is 0.426 e. The first-order valence-corrected chi connectivity index (χ1v) is 18.4. The van der Waals surface area contributed by atoms with E-state index >= 15 is 0 Å². The Bertz CT molecular complexity index is 1370. The monoisotopic (exact) mass is 678 g/mol. The highest BCUT2D eigenvalue weighted by molar-refractivity contribution is 9.09. The van der Waals surface area contributed by atoms with Gasteiger partial charge in [-0.25, -0.2) is 0 Å². The molecule has 0 bridgehead atoms. The molecule has 0 saturated carbocycles. The van der Waals surface area contributed by atoms with Gasteiger partial charge in [0.05, 0.1) is 33.5 Å². The summed E-state index contributed by atoms with van der Waals surface area (Å²) in [5.41, 5.74) is 4.11. The molecule has 0 heterocycles. The van der Waals surface area contributed by atoms with E-state index in [1.165, 1.54) is 31.4 Å². The Hall–Kier alpha value is -2.63. The lowest BCUT2D eigenvalue weighted by Gasteiger charge is -2.23. The molecule has 2 aromatic rings. The first kappa shape index (κ1) is 38.6. The van der Waals surface area contributed by atoms with Crippen molar-refractivity contribution in [1.29, 1.82) is 0 Å². The summed E-state index contributed by atoms with van der Waals surface area (Å²) in [5, 5.41) is 0. The first-order chi connectivity index (χ1) is 20.8. The van der Waals surface area contributed by atoms with Crippen molar-refractivity contribution in [3.8, 4) is 23.0 Å². The highest BCUT2D eigenvalue weighted by atomic mass is 33.5. The summed E-state index contributed by atoms with van der Waals surface area (Å²) in [6.45, 7) is 25.1. The molecule has 0 aromatic heterocycles. The Balaban J connectivity index is 2.67. The summed E-state index contributed by atoms with van der Waals surface area (Å²) in [4.78, 5) is 52.0. The van der Waals surface area contributed by atoms with Gasteiger partial charge in [0.25, 0.3) is 0 Å². The van der Waals surface area contributed by atoms with Gasteiger partial charge in [-0.05, 0) is 95.2 Å². The van der Waals surface area contributed by atoms with Crippen molar-refractivity contribution in [3.63, 3.8) is 0 Å². The molecule has 0 radical (unpaired) electrons. The summed E-state index contributed by atoms with van der Waals surface area (Å²) in [6.07, 6.45) is 0. The molecule has 248 valence electrons. The van der Waals surface area contributed by atoms with Crippen molar-refractivity contribution < 1.29 is 38.1 Å². The van der Waals surface area contributed by atoms with Crippen molar-refractivity contribution in [1.82, 2.24) is 0 Å². The molecule has 0 aliphatic rings. The van der Waals surface area contributed by atoms with Crippen LogP contribution in [0.4, 0.5) is 0 Å². The second-order valence-electron chi connectivity index (χ2n) is 12.3. The molecule has 45 heavy (non-hydrogen) atoms. The van der Waals surface area contributed by atoms with Crippen molar-refractivity contribution in [2.24, 2.45) is 23.7 Å². The number of hydrogen-bond donors (Lipinski definition) is 0. The molecular weight excluding hydrogens is 633 g/mol. The second kappa shape index (κ2) is 16.3. The van der Waals surface area contributed by atoms with Gasteiger partial charge in [-0.2, -0.15) is 0 Å². The lowest BCUT2D eigenvalue weighted by atomic mass is 10.0. The second-order valence-corrected chi connectivity index (χ2v) is 16.2. The molecule has 0 aliphatic carbocycles. The van der Waals surface area contributed by atoms with E-state index in [0.29, 0.717) is 66.2 Å². The van der Waals surface area contributed by atoms with Gasteiger partial charge < -0.3 is 18.9 Å². The number of esters is 4. The van der Waals surface area contributed by atoms with Crippen LogP contribution < -0.4 is 18.9 Å². The Morgan fingerprint density at radius 3 is 0.867 bits per heavy atom. The van der Waals surface area contributed by atoms with E-state index in [-0.39, 0.29) is 47.5 Å². The van der Waals surface area contributed by atoms with E-state index in [4.69, 9.17) is 18.9 Å². The normalized spacial score (nSPS) is 11.4. The maximum Gasteiger partial charge on any atom is 0.313 e. The minimum atomic E-state index is -0.382. The molecule has 2 aromatic carbocycles. The summed E-state index contributed by atoms with van der Waals surface area (Å²) < 4.78 is 23.5. The van der Waals surface area contributed by atoms with Crippen LogP contribution >= 0.6 is 31.4 Å². The minimum absolute atomic E-state index is 0.331. The first-order valence-electron chi connectivity index (χ1n) is 15.0. The van der Waals surface area contributed by atoms with Crippen LogP contribution in [0.5, 0.6) is 23.0 Å². The third-order valence-corrected chi connectivity index (χ3v) is 11.3. The highest BCUT2D eigenvalue weighted by Crippen LogP contribution is 2.55. The maximum absolute atomic E-state index is 12.8. The molecule has 11 heteroatoms. The van der Waals surface area contributed by atoms with Crippen LogP contribution in [0.15, 0.2) is 9.79 Å². The van der Waals surface area contributed by atoms with Crippen LogP contribution in [0.25, 0.3) is 0 Å². The lowest BCUT2D eigenvalue weighted by Crippen LogP contribution is -2.19.